The molecule has 2 atom stereocenters. The predicted molar refractivity (Wildman–Crippen MR) is 264 cm³/mol. The minimum atomic E-state index is 0.0265. The zero-order valence-corrected chi connectivity index (χ0v) is 41.7. The molecule has 0 N–H and O–H groups in total. The minimum Gasteiger partial charge on any atom is -0.465 e. The van der Waals surface area contributed by atoms with E-state index in [0.717, 1.165) is 44.9 Å². The van der Waals surface area contributed by atoms with Gasteiger partial charge in [0.2, 0.25) is 0 Å². The van der Waals surface area contributed by atoms with Gasteiger partial charge in [-0.2, -0.15) is 0 Å². The second-order valence-electron chi connectivity index (χ2n) is 19.4. The van der Waals surface area contributed by atoms with E-state index in [1.807, 2.05) is 0 Å². The molecule has 4 nitrogen and oxygen atoms in total. The molecule has 358 valence electrons. The molecule has 0 fully saturated rings. The minimum absolute atomic E-state index is 0.0265. The predicted octanol–water partition coefficient (Wildman–Crippen LogP) is 19.5. The molecule has 0 saturated heterocycles. The molecule has 0 aromatic heterocycles. The number of carbonyl (C=O) groups excluding carboxylic acids is 2. The summed E-state index contributed by atoms with van der Waals surface area (Å²) in [5.41, 5.74) is 0. The first-order valence-corrected chi connectivity index (χ1v) is 27.9. The molecular weight excluding hydrogens is 737 g/mol. The summed E-state index contributed by atoms with van der Waals surface area (Å²) in [7, 11) is 0. The molecule has 0 aliphatic rings. The van der Waals surface area contributed by atoms with E-state index in [4.69, 9.17) is 9.47 Å². The average Bonchev–Trinajstić information content (AvgIpc) is 3.25. The standard InChI is InChI=1S/C56H110O4/c1-5-9-13-17-20-22-23-24-25-26-27-28-34-39-45-51-56(58)60-54(48-42-16-12-8-4)49-43-37-32-29-30-33-38-44-50-55(57)59-52-53(46-40-35-19-15-11-7-3)47-41-36-31-21-18-14-10-6-2/h53-54H,5-52H2,1-4H3/t53-,54+/m0/s1. The van der Waals surface area contributed by atoms with Crippen LogP contribution in [0.25, 0.3) is 0 Å². The highest BCUT2D eigenvalue weighted by molar-refractivity contribution is 5.69. The van der Waals surface area contributed by atoms with Crippen molar-refractivity contribution in [1.29, 1.82) is 0 Å². The Balaban J connectivity index is 4.08. The van der Waals surface area contributed by atoms with Crippen LogP contribution in [0.5, 0.6) is 0 Å². The Labute approximate surface area is 377 Å². The molecule has 0 heterocycles. The molecule has 0 spiro atoms. The van der Waals surface area contributed by atoms with E-state index in [9.17, 15) is 9.59 Å². The largest absolute Gasteiger partial charge is 0.465 e. The van der Waals surface area contributed by atoms with Crippen LogP contribution in [0, 0.1) is 5.92 Å². The molecule has 0 saturated carbocycles. The summed E-state index contributed by atoms with van der Waals surface area (Å²) >= 11 is 0. The first-order chi connectivity index (χ1) is 29.6. The van der Waals surface area contributed by atoms with Crippen LogP contribution in [-0.4, -0.2) is 24.6 Å². The van der Waals surface area contributed by atoms with Gasteiger partial charge in [-0.3, -0.25) is 9.59 Å². The van der Waals surface area contributed by atoms with E-state index in [1.54, 1.807) is 0 Å². The highest BCUT2D eigenvalue weighted by atomic mass is 16.5. The lowest BCUT2D eigenvalue weighted by Gasteiger charge is -2.18. The molecule has 0 aliphatic heterocycles. The van der Waals surface area contributed by atoms with Crippen LogP contribution in [0.1, 0.15) is 329 Å². The lowest BCUT2D eigenvalue weighted by molar-refractivity contribution is -0.150. The van der Waals surface area contributed by atoms with Gasteiger partial charge in [-0.15, -0.1) is 0 Å². The van der Waals surface area contributed by atoms with Gasteiger partial charge in [-0.1, -0.05) is 265 Å². The fourth-order valence-corrected chi connectivity index (χ4v) is 9.02. The Morgan fingerprint density at radius 2 is 0.550 bits per heavy atom. The molecular formula is C56H110O4. The number of ether oxygens (including phenoxy) is 2. The smallest absolute Gasteiger partial charge is 0.306 e. The molecule has 4 heteroatoms. The van der Waals surface area contributed by atoms with Gasteiger partial charge in [0, 0.05) is 12.8 Å². The van der Waals surface area contributed by atoms with E-state index in [-0.39, 0.29) is 18.0 Å². The normalized spacial score (nSPS) is 12.5. The second-order valence-corrected chi connectivity index (χ2v) is 19.4. The van der Waals surface area contributed by atoms with Crippen molar-refractivity contribution in [2.24, 2.45) is 5.92 Å². The second kappa shape index (κ2) is 50.6. The number of rotatable bonds is 51. The highest BCUT2D eigenvalue weighted by Gasteiger charge is 2.15. The Kier molecular flexibility index (Phi) is 49.7. The molecule has 0 rings (SSSR count). The van der Waals surface area contributed by atoms with Crippen molar-refractivity contribution in [2.75, 3.05) is 6.61 Å². The molecule has 0 radical (unpaired) electrons. The third-order valence-electron chi connectivity index (χ3n) is 13.2. The van der Waals surface area contributed by atoms with Crippen molar-refractivity contribution in [3.63, 3.8) is 0 Å². The Morgan fingerprint density at radius 3 is 0.883 bits per heavy atom. The Hall–Kier alpha value is -1.06. The Bertz CT molecular complexity index is 841. The van der Waals surface area contributed by atoms with E-state index >= 15 is 0 Å². The number of hydrogen-bond acceptors (Lipinski definition) is 4. The van der Waals surface area contributed by atoms with E-state index < -0.39 is 0 Å². The lowest BCUT2D eigenvalue weighted by Crippen LogP contribution is -2.18. The zero-order valence-electron chi connectivity index (χ0n) is 41.7. The topological polar surface area (TPSA) is 52.6 Å². The SMILES string of the molecule is CCCCCCCCCCCCCCCCCC(=O)O[C@H](CCCCCC)CCCCCCCCCCC(=O)OC[C@@H](CCCCCCCC)CCCCCCCCCC. The number of unbranched alkanes of at least 4 members (excludes halogenated alkanes) is 36. The summed E-state index contributed by atoms with van der Waals surface area (Å²) in [4.78, 5) is 25.4. The summed E-state index contributed by atoms with van der Waals surface area (Å²) < 4.78 is 11.9. The Morgan fingerprint density at radius 1 is 0.300 bits per heavy atom. The summed E-state index contributed by atoms with van der Waals surface area (Å²) in [6, 6.07) is 0. The van der Waals surface area contributed by atoms with Crippen molar-refractivity contribution >= 4 is 11.9 Å². The third kappa shape index (κ3) is 46.4. The fraction of sp³-hybridized carbons (Fsp3) is 0.964. The molecule has 0 aliphatic carbocycles. The van der Waals surface area contributed by atoms with E-state index in [1.165, 1.54) is 244 Å². The summed E-state index contributed by atoms with van der Waals surface area (Å²) in [6.45, 7) is 9.76. The highest BCUT2D eigenvalue weighted by Crippen LogP contribution is 2.22. The first kappa shape index (κ1) is 58.9. The van der Waals surface area contributed by atoms with Crippen LogP contribution >= 0.6 is 0 Å². The van der Waals surface area contributed by atoms with Crippen LogP contribution < -0.4 is 0 Å². The number of hydrogen-bond donors (Lipinski definition) is 0. The van der Waals surface area contributed by atoms with Gasteiger partial charge in [0.25, 0.3) is 0 Å². The molecule has 0 unspecified atom stereocenters. The van der Waals surface area contributed by atoms with Gasteiger partial charge in [0.1, 0.15) is 6.10 Å². The van der Waals surface area contributed by atoms with Gasteiger partial charge >= 0.3 is 11.9 Å². The van der Waals surface area contributed by atoms with E-state index in [0.29, 0.717) is 25.4 Å². The molecule has 0 aromatic carbocycles. The van der Waals surface area contributed by atoms with Gasteiger partial charge in [-0.25, -0.2) is 0 Å². The van der Waals surface area contributed by atoms with Crippen molar-refractivity contribution in [1.82, 2.24) is 0 Å². The molecule has 60 heavy (non-hydrogen) atoms. The van der Waals surface area contributed by atoms with Gasteiger partial charge in [0.05, 0.1) is 6.61 Å². The maximum Gasteiger partial charge on any atom is 0.306 e. The average molecular weight is 847 g/mol. The third-order valence-corrected chi connectivity index (χ3v) is 13.2. The maximum atomic E-state index is 12.8. The monoisotopic (exact) mass is 847 g/mol. The zero-order chi connectivity index (χ0) is 43.7. The summed E-state index contributed by atoms with van der Waals surface area (Å²) in [6.07, 6.45) is 59.3. The summed E-state index contributed by atoms with van der Waals surface area (Å²) in [5, 5.41) is 0. The number of carbonyl (C=O) groups is 2. The van der Waals surface area contributed by atoms with Crippen molar-refractivity contribution < 1.29 is 19.1 Å². The van der Waals surface area contributed by atoms with Crippen molar-refractivity contribution in [3.8, 4) is 0 Å². The van der Waals surface area contributed by atoms with Crippen molar-refractivity contribution in [3.05, 3.63) is 0 Å². The first-order valence-electron chi connectivity index (χ1n) is 27.9. The van der Waals surface area contributed by atoms with E-state index in [2.05, 4.69) is 27.7 Å². The summed E-state index contributed by atoms with van der Waals surface area (Å²) in [5.74, 6) is 0.617. The molecule has 0 amide bonds. The van der Waals surface area contributed by atoms with Gasteiger partial charge < -0.3 is 9.47 Å². The molecule has 0 bridgehead atoms. The van der Waals surface area contributed by atoms with Crippen LogP contribution in [0.3, 0.4) is 0 Å². The number of esters is 2. The van der Waals surface area contributed by atoms with Crippen molar-refractivity contribution in [2.45, 2.75) is 336 Å². The van der Waals surface area contributed by atoms with Crippen LogP contribution in [0.4, 0.5) is 0 Å². The molecule has 0 aromatic rings. The maximum absolute atomic E-state index is 12.8. The van der Waals surface area contributed by atoms with Crippen LogP contribution in [-0.2, 0) is 19.1 Å². The van der Waals surface area contributed by atoms with Gasteiger partial charge in [0.15, 0.2) is 0 Å². The van der Waals surface area contributed by atoms with Crippen LogP contribution in [0.2, 0.25) is 0 Å². The van der Waals surface area contributed by atoms with Crippen LogP contribution in [0.15, 0.2) is 0 Å². The van der Waals surface area contributed by atoms with Gasteiger partial charge in [-0.05, 0) is 57.3 Å². The lowest BCUT2D eigenvalue weighted by atomic mass is 9.94. The fourth-order valence-electron chi connectivity index (χ4n) is 9.02. The quantitative estimate of drug-likeness (QED) is 0.0452.